The minimum Gasteiger partial charge on any atom is -0.292 e. The van der Waals surface area contributed by atoms with Gasteiger partial charge in [0.15, 0.2) is 5.78 Å². The van der Waals surface area contributed by atoms with Crippen LogP contribution in [0.5, 0.6) is 0 Å². The second-order valence-corrected chi connectivity index (χ2v) is 5.49. The van der Waals surface area contributed by atoms with E-state index in [4.69, 9.17) is 23.2 Å². The van der Waals surface area contributed by atoms with Crippen molar-refractivity contribution in [2.45, 2.75) is 6.42 Å². The maximum absolute atomic E-state index is 12.4. The van der Waals surface area contributed by atoms with E-state index in [1.807, 2.05) is 30.3 Å². The number of pyridine rings is 1. The van der Waals surface area contributed by atoms with Crippen LogP contribution in [0, 0.1) is 0 Å². The predicted molar refractivity (Wildman–Crippen MR) is 86.2 cm³/mol. The Morgan fingerprint density at radius 2 is 1.76 bits per heavy atom. The Balaban J connectivity index is 1.91. The highest BCUT2D eigenvalue weighted by molar-refractivity contribution is 6.42. The smallest absolute Gasteiger partial charge is 0.185 e. The van der Waals surface area contributed by atoms with Gasteiger partial charge in [-0.15, -0.1) is 0 Å². The minimum absolute atomic E-state index is 0.0788. The van der Waals surface area contributed by atoms with Crippen molar-refractivity contribution in [2.24, 2.45) is 0 Å². The first kappa shape index (κ1) is 14.1. The molecule has 1 aromatic heterocycles. The zero-order valence-electron chi connectivity index (χ0n) is 11.0. The molecule has 0 aliphatic heterocycles. The molecule has 1 heterocycles. The maximum atomic E-state index is 12.4. The molecule has 0 amide bonds. The lowest BCUT2D eigenvalue weighted by atomic mass is 10.1. The molecule has 0 aliphatic carbocycles. The van der Waals surface area contributed by atoms with Crippen molar-refractivity contribution in [1.82, 2.24) is 4.98 Å². The Morgan fingerprint density at radius 3 is 2.62 bits per heavy atom. The minimum atomic E-state index is -0.0788. The lowest BCUT2D eigenvalue weighted by molar-refractivity contribution is 0.0988. The lowest BCUT2D eigenvalue weighted by Crippen LogP contribution is -2.06. The van der Waals surface area contributed by atoms with Crippen molar-refractivity contribution in [3.8, 4) is 0 Å². The van der Waals surface area contributed by atoms with Crippen molar-refractivity contribution in [2.75, 3.05) is 0 Å². The number of carbonyl (C=O) groups excluding carboxylic acids is 1. The van der Waals surface area contributed by atoms with Gasteiger partial charge in [0.2, 0.25) is 0 Å². The van der Waals surface area contributed by atoms with Crippen LogP contribution >= 0.6 is 23.2 Å². The van der Waals surface area contributed by atoms with Crippen LogP contribution in [0.15, 0.2) is 54.6 Å². The van der Waals surface area contributed by atoms with Gasteiger partial charge in [-0.25, -0.2) is 4.98 Å². The summed E-state index contributed by atoms with van der Waals surface area (Å²) in [6.07, 6.45) is 0.185. The first-order chi connectivity index (χ1) is 10.1. The molecule has 0 atom stereocenters. The molecule has 21 heavy (non-hydrogen) atoms. The summed E-state index contributed by atoms with van der Waals surface area (Å²) in [5, 5.41) is 1.89. The van der Waals surface area contributed by atoms with E-state index in [1.165, 1.54) is 0 Å². The van der Waals surface area contributed by atoms with Crippen LogP contribution in [0.1, 0.15) is 16.1 Å². The van der Waals surface area contributed by atoms with E-state index in [0.717, 1.165) is 10.9 Å². The molecular formula is C17H11Cl2NO. The number of hydrogen-bond donors (Lipinski definition) is 0. The highest BCUT2D eigenvalue weighted by Gasteiger charge is 2.13. The number of carbonyl (C=O) groups is 1. The summed E-state index contributed by atoms with van der Waals surface area (Å²) in [4.78, 5) is 16.8. The second-order valence-electron chi connectivity index (χ2n) is 4.70. The summed E-state index contributed by atoms with van der Waals surface area (Å²) >= 11 is 12.1. The van der Waals surface area contributed by atoms with Crippen molar-refractivity contribution in [3.63, 3.8) is 0 Å². The van der Waals surface area contributed by atoms with E-state index in [1.54, 1.807) is 24.3 Å². The highest BCUT2D eigenvalue weighted by Crippen LogP contribution is 2.26. The third-order valence-corrected chi connectivity index (χ3v) is 4.12. The number of ketones is 1. The van der Waals surface area contributed by atoms with E-state index in [0.29, 0.717) is 21.3 Å². The number of rotatable bonds is 3. The van der Waals surface area contributed by atoms with Gasteiger partial charge in [-0.2, -0.15) is 0 Å². The second kappa shape index (κ2) is 5.84. The van der Waals surface area contributed by atoms with Crippen LogP contribution in [-0.2, 0) is 6.42 Å². The number of fused-ring (bicyclic) bond motifs is 1. The lowest BCUT2D eigenvalue weighted by Gasteiger charge is -2.06. The standard InChI is InChI=1S/C17H11Cl2NO/c18-13-6-3-5-12(17(13)19)10-16(21)15-9-8-11-4-1-2-7-14(11)20-15/h1-9H,10H2. The van der Waals surface area contributed by atoms with Crippen LogP contribution in [0.25, 0.3) is 10.9 Å². The van der Waals surface area contributed by atoms with Gasteiger partial charge >= 0.3 is 0 Å². The van der Waals surface area contributed by atoms with Gasteiger partial charge in [-0.3, -0.25) is 4.79 Å². The molecule has 3 rings (SSSR count). The molecule has 0 spiro atoms. The Morgan fingerprint density at radius 1 is 0.952 bits per heavy atom. The molecule has 0 unspecified atom stereocenters. The van der Waals surface area contributed by atoms with Crippen LogP contribution in [-0.4, -0.2) is 10.8 Å². The molecule has 2 aromatic carbocycles. The topological polar surface area (TPSA) is 30.0 Å². The fourth-order valence-electron chi connectivity index (χ4n) is 2.17. The fraction of sp³-hybridized carbons (Fsp3) is 0.0588. The first-order valence-corrected chi connectivity index (χ1v) is 7.22. The number of hydrogen-bond acceptors (Lipinski definition) is 2. The molecule has 0 radical (unpaired) electrons. The molecule has 2 nitrogen and oxygen atoms in total. The normalized spacial score (nSPS) is 10.8. The maximum Gasteiger partial charge on any atom is 0.185 e. The van der Waals surface area contributed by atoms with E-state index in [2.05, 4.69) is 4.98 Å². The Bertz CT molecular complexity index is 830. The SMILES string of the molecule is O=C(Cc1cccc(Cl)c1Cl)c1ccc2ccccc2n1. The van der Waals surface area contributed by atoms with Gasteiger partial charge in [0.1, 0.15) is 5.69 Å². The summed E-state index contributed by atoms with van der Waals surface area (Å²) in [5.74, 6) is -0.0788. The number of Topliss-reactive ketones (excluding diaryl/α,β-unsaturated/α-hetero) is 1. The van der Waals surface area contributed by atoms with Gasteiger partial charge in [0.05, 0.1) is 15.6 Å². The van der Waals surface area contributed by atoms with Gasteiger partial charge in [-0.1, -0.05) is 59.6 Å². The Kier molecular flexibility index (Phi) is 3.91. The molecule has 0 aliphatic rings. The quantitative estimate of drug-likeness (QED) is 0.639. The molecule has 0 bridgehead atoms. The largest absolute Gasteiger partial charge is 0.292 e. The molecule has 0 saturated heterocycles. The number of aromatic nitrogens is 1. The highest BCUT2D eigenvalue weighted by atomic mass is 35.5. The summed E-state index contributed by atoms with van der Waals surface area (Å²) in [5.41, 5.74) is 1.95. The first-order valence-electron chi connectivity index (χ1n) is 6.47. The van der Waals surface area contributed by atoms with Crippen molar-refractivity contribution < 1.29 is 4.79 Å². The van der Waals surface area contributed by atoms with Crippen molar-refractivity contribution in [3.05, 3.63) is 75.9 Å². The third-order valence-electron chi connectivity index (χ3n) is 3.27. The molecule has 0 saturated carbocycles. The van der Waals surface area contributed by atoms with Gasteiger partial charge in [0, 0.05) is 11.8 Å². The van der Waals surface area contributed by atoms with E-state index >= 15 is 0 Å². The van der Waals surface area contributed by atoms with E-state index < -0.39 is 0 Å². The van der Waals surface area contributed by atoms with E-state index in [-0.39, 0.29) is 12.2 Å². The molecular weight excluding hydrogens is 305 g/mol. The average Bonchev–Trinajstić information content (AvgIpc) is 2.51. The Labute approximate surface area is 132 Å². The zero-order chi connectivity index (χ0) is 14.8. The van der Waals surface area contributed by atoms with Crippen LogP contribution in [0.3, 0.4) is 0 Å². The zero-order valence-corrected chi connectivity index (χ0v) is 12.5. The molecule has 4 heteroatoms. The van der Waals surface area contributed by atoms with E-state index in [9.17, 15) is 4.79 Å². The third kappa shape index (κ3) is 2.92. The van der Waals surface area contributed by atoms with Crippen LogP contribution in [0.2, 0.25) is 10.0 Å². The van der Waals surface area contributed by atoms with Gasteiger partial charge < -0.3 is 0 Å². The van der Waals surface area contributed by atoms with Gasteiger partial charge in [0.25, 0.3) is 0 Å². The Hall–Kier alpha value is -1.90. The van der Waals surface area contributed by atoms with Gasteiger partial charge in [-0.05, 0) is 23.8 Å². The number of nitrogens with zero attached hydrogens (tertiary/aromatic N) is 1. The molecule has 3 aromatic rings. The van der Waals surface area contributed by atoms with Crippen LogP contribution < -0.4 is 0 Å². The monoisotopic (exact) mass is 315 g/mol. The number of halogens is 2. The molecule has 0 N–H and O–H groups in total. The summed E-state index contributed by atoms with van der Waals surface area (Å²) in [7, 11) is 0. The number of benzene rings is 2. The molecule has 104 valence electrons. The summed E-state index contributed by atoms with van der Waals surface area (Å²) < 4.78 is 0. The summed E-state index contributed by atoms with van der Waals surface area (Å²) in [6.45, 7) is 0. The molecule has 0 fully saturated rings. The predicted octanol–water partition coefficient (Wildman–Crippen LogP) is 4.97. The fourth-order valence-corrected chi connectivity index (χ4v) is 2.56. The van der Waals surface area contributed by atoms with Crippen LogP contribution in [0.4, 0.5) is 0 Å². The number of para-hydroxylation sites is 1. The summed E-state index contributed by atoms with van der Waals surface area (Å²) in [6, 6.07) is 16.6. The van der Waals surface area contributed by atoms with Crippen molar-refractivity contribution >= 4 is 39.9 Å². The van der Waals surface area contributed by atoms with Crippen molar-refractivity contribution in [1.29, 1.82) is 0 Å². The average molecular weight is 316 g/mol.